The lowest BCUT2D eigenvalue weighted by atomic mass is 10.1. The molecular weight excluding hydrogens is 334 g/mol. The van der Waals surface area contributed by atoms with E-state index < -0.39 is 0 Å². The number of likely N-dealkylation sites (tertiary alicyclic amines) is 1. The smallest absolute Gasteiger partial charge is 0.230 e. The maximum atomic E-state index is 12.0. The van der Waals surface area contributed by atoms with E-state index in [1.807, 2.05) is 11.6 Å². The molecule has 2 aromatic rings. The van der Waals surface area contributed by atoms with Crippen LogP contribution in [0.2, 0.25) is 0 Å². The molecule has 3 rings (SSSR count). The van der Waals surface area contributed by atoms with Crippen LogP contribution in [0.3, 0.4) is 0 Å². The van der Waals surface area contributed by atoms with Gasteiger partial charge in [0.15, 0.2) is 5.16 Å². The van der Waals surface area contributed by atoms with Crippen LogP contribution in [-0.4, -0.2) is 51.0 Å². The number of rotatable bonds is 7. The summed E-state index contributed by atoms with van der Waals surface area (Å²) in [5.74, 6) is 0.977. The van der Waals surface area contributed by atoms with Crippen molar-refractivity contribution in [2.45, 2.75) is 25.0 Å². The van der Waals surface area contributed by atoms with Gasteiger partial charge in [-0.1, -0.05) is 36.0 Å². The number of carbonyl (C=O) groups excluding carboxylic acids is 1. The summed E-state index contributed by atoms with van der Waals surface area (Å²) in [4.78, 5) is 14.5. The molecule has 134 valence electrons. The van der Waals surface area contributed by atoms with Gasteiger partial charge in [-0.15, -0.1) is 10.2 Å². The SMILES string of the molecule is Cc1ccccc1CN1CCC(CNC(=O)CSc2nncn2C)C1. The van der Waals surface area contributed by atoms with Gasteiger partial charge in [-0.05, 0) is 36.9 Å². The maximum Gasteiger partial charge on any atom is 0.230 e. The largest absolute Gasteiger partial charge is 0.355 e. The van der Waals surface area contributed by atoms with Crippen molar-refractivity contribution >= 4 is 17.7 Å². The van der Waals surface area contributed by atoms with Gasteiger partial charge in [-0.25, -0.2) is 0 Å². The standard InChI is InChI=1S/C18H25N5OS/c1-14-5-3-4-6-16(14)11-23-8-7-15(10-23)9-19-17(24)12-25-18-21-20-13-22(18)2/h3-6,13,15H,7-12H2,1-2H3,(H,19,24). The maximum absolute atomic E-state index is 12.0. The summed E-state index contributed by atoms with van der Waals surface area (Å²) in [7, 11) is 1.88. The predicted octanol–water partition coefficient (Wildman–Crippen LogP) is 1.85. The predicted molar refractivity (Wildman–Crippen MR) is 99.3 cm³/mol. The van der Waals surface area contributed by atoms with Gasteiger partial charge in [-0.2, -0.15) is 0 Å². The first-order chi connectivity index (χ1) is 12.1. The summed E-state index contributed by atoms with van der Waals surface area (Å²) in [6, 6.07) is 8.55. The van der Waals surface area contributed by atoms with E-state index >= 15 is 0 Å². The third-order valence-electron chi connectivity index (χ3n) is 4.62. The summed E-state index contributed by atoms with van der Waals surface area (Å²) >= 11 is 1.42. The van der Waals surface area contributed by atoms with Gasteiger partial charge in [0.1, 0.15) is 6.33 Å². The molecule has 2 heterocycles. The molecule has 1 fully saturated rings. The molecule has 1 saturated heterocycles. The molecule has 25 heavy (non-hydrogen) atoms. The Morgan fingerprint density at radius 1 is 1.40 bits per heavy atom. The van der Waals surface area contributed by atoms with Crippen molar-refractivity contribution in [1.29, 1.82) is 0 Å². The fraction of sp³-hybridized carbons (Fsp3) is 0.500. The molecule has 0 aliphatic carbocycles. The zero-order valence-corrected chi connectivity index (χ0v) is 15.6. The number of aryl methyl sites for hydroxylation is 2. The van der Waals surface area contributed by atoms with Crippen molar-refractivity contribution in [3.05, 3.63) is 41.7 Å². The van der Waals surface area contributed by atoms with Crippen LogP contribution in [0.1, 0.15) is 17.5 Å². The molecule has 1 amide bonds. The molecule has 1 aromatic carbocycles. The molecule has 0 bridgehead atoms. The zero-order valence-electron chi connectivity index (χ0n) is 14.8. The van der Waals surface area contributed by atoms with Gasteiger partial charge in [-0.3, -0.25) is 9.69 Å². The van der Waals surface area contributed by atoms with Crippen molar-refractivity contribution < 1.29 is 4.79 Å². The van der Waals surface area contributed by atoms with Crippen molar-refractivity contribution in [2.24, 2.45) is 13.0 Å². The van der Waals surface area contributed by atoms with Crippen LogP contribution in [0.25, 0.3) is 0 Å². The number of benzene rings is 1. The monoisotopic (exact) mass is 359 g/mol. The van der Waals surface area contributed by atoms with E-state index in [1.54, 1.807) is 6.33 Å². The second-order valence-electron chi connectivity index (χ2n) is 6.63. The highest BCUT2D eigenvalue weighted by molar-refractivity contribution is 7.99. The lowest BCUT2D eigenvalue weighted by Crippen LogP contribution is -2.32. The Bertz CT molecular complexity index is 717. The fourth-order valence-electron chi connectivity index (χ4n) is 3.09. The highest BCUT2D eigenvalue weighted by atomic mass is 32.2. The van der Waals surface area contributed by atoms with Gasteiger partial charge in [0, 0.05) is 26.7 Å². The number of nitrogens with zero attached hydrogens (tertiary/aromatic N) is 4. The van der Waals surface area contributed by atoms with Crippen LogP contribution >= 0.6 is 11.8 Å². The normalized spacial score (nSPS) is 17.8. The van der Waals surface area contributed by atoms with E-state index in [0.29, 0.717) is 11.7 Å². The van der Waals surface area contributed by atoms with E-state index in [2.05, 4.69) is 51.6 Å². The van der Waals surface area contributed by atoms with Gasteiger partial charge < -0.3 is 9.88 Å². The number of hydrogen-bond acceptors (Lipinski definition) is 5. The summed E-state index contributed by atoms with van der Waals surface area (Å²) in [6.45, 7) is 6.06. The van der Waals surface area contributed by atoms with Gasteiger partial charge in [0.05, 0.1) is 5.75 Å². The molecule has 0 radical (unpaired) electrons. The lowest BCUT2D eigenvalue weighted by molar-refractivity contribution is -0.118. The van der Waals surface area contributed by atoms with Crippen LogP contribution in [-0.2, 0) is 18.4 Å². The average Bonchev–Trinajstić information content (AvgIpc) is 3.22. The van der Waals surface area contributed by atoms with E-state index in [0.717, 1.165) is 37.8 Å². The van der Waals surface area contributed by atoms with Crippen molar-refractivity contribution in [3.8, 4) is 0 Å². The lowest BCUT2D eigenvalue weighted by Gasteiger charge is -2.17. The molecule has 1 aliphatic heterocycles. The molecule has 1 N–H and O–H groups in total. The van der Waals surface area contributed by atoms with E-state index in [4.69, 9.17) is 0 Å². The van der Waals surface area contributed by atoms with E-state index in [1.165, 1.54) is 22.9 Å². The summed E-state index contributed by atoms with van der Waals surface area (Å²) in [5, 5.41) is 11.6. The molecule has 7 heteroatoms. The first kappa shape index (κ1) is 17.9. The van der Waals surface area contributed by atoms with Crippen LogP contribution in [0, 0.1) is 12.8 Å². The Morgan fingerprint density at radius 2 is 2.24 bits per heavy atom. The Kier molecular flexibility index (Phi) is 6.09. The number of carbonyl (C=O) groups is 1. The minimum Gasteiger partial charge on any atom is -0.355 e. The average molecular weight is 359 g/mol. The van der Waals surface area contributed by atoms with Crippen molar-refractivity contribution in [3.63, 3.8) is 0 Å². The second kappa shape index (κ2) is 8.49. The Balaban J connectivity index is 1.37. The molecule has 0 spiro atoms. The van der Waals surface area contributed by atoms with E-state index in [9.17, 15) is 4.79 Å². The number of hydrogen-bond donors (Lipinski definition) is 1. The number of nitrogens with one attached hydrogen (secondary N) is 1. The molecule has 1 atom stereocenters. The molecule has 1 aliphatic rings. The topological polar surface area (TPSA) is 63.1 Å². The molecule has 1 unspecified atom stereocenters. The highest BCUT2D eigenvalue weighted by Gasteiger charge is 2.23. The second-order valence-corrected chi connectivity index (χ2v) is 7.58. The minimum atomic E-state index is 0.0605. The Labute approximate surface area is 153 Å². The highest BCUT2D eigenvalue weighted by Crippen LogP contribution is 2.20. The van der Waals surface area contributed by atoms with Gasteiger partial charge >= 0.3 is 0 Å². The summed E-state index contributed by atoms with van der Waals surface area (Å²) in [5.41, 5.74) is 2.74. The molecule has 6 nitrogen and oxygen atoms in total. The number of thioether (sulfide) groups is 1. The quantitative estimate of drug-likeness (QED) is 0.765. The molecular formula is C18H25N5OS. The van der Waals surface area contributed by atoms with Crippen LogP contribution in [0.5, 0.6) is 0 Å². The van der Waals surface area contributed by atoms with Crippen LogP contribution in [0.15, 0.2) is 35.7 Å². The molecule has 0 saturated carbocycles. The zero-order chi connectivity index (χ0) is 17.6. The van der Waals surface area contributed by atoms with Crippen molar-refractivity contribution in [1.82, 2.24) is 25.0 Å². The Hall–Kier alpha value is -1.86. The summed E-state index contributed by atoms with van der Waals surface area (Å²) < 4.78 is 1.82. The minimum absolute atomic E-state index is 0.0605. The first-order valence-electron chi connectivity index (χ1n) is 8.62. The number of amides is 1. The number of aromatic nitrogens is 3. The van der Waals surface area contributed by atoms with Crippen LogP contribution in [0.4, 0.5) is 0 Å². The van der Waals surface area contributed by atoms with Crippen molar-refractivity contribution in [2.75, 3.05) is 25.4 Å². The third kappa shape index (κ3) is 5.06. The summed E-state index contributed by atoms with van der Waals surface area (Å²) in [6.07, 6.45) is 2.78. The van der Waals surface area contributed by atoms with Crippen LogP contribution < -0.4 is 5.32 Å². The first-order valence-corrected chi connectivity index (χ1v) is 9.60. The Morgan fingerprint density at radius 3 is 3.00 bits per heavy atom. The molecule has 1 aromatic heterocycles. The third-order valence-corrected chi connectivity index (χ3v) is 5.65. The fourth-order valence-corrected chi connectivity index (χ4v) is 3.81. The van der Waals surface area contributed by atoms with Gasteiger partial charge in [0.25, 0.3) is 0 Å². The van der Waals surface area contributed by atoms with Gasteiger partial charge in [0.2, 0.25) is 5.91 Å². The van der Waals surface area contributed by atoms with E-state index in [-0.39, 0.29) is 5.91 Å².